The topological polar surface area (TPSA) is 125 Å². The lowest BCUT2D eigenvalue weighted by Crippen LogP contribution is -2.59. The van der Waals surface area contributed by atoms with E-state index in [-0.39, 0.29) is 43.8 Å². The first-order valence-electron chi connectivity index (χ1n) is 15.9. The number of aliphatic hydroxyl groups excluding tert-OH is 1. The standard InChI is InChI=1S/C35H41N3O7/c1-4-21(2)26(20-39)38-31-33(42)37(25-14-13-23-10-7-8-11-24(23)18-25)17-9-5-6-12-28(40)36-19-22(3)44-34(43)29-27-15-16-35(31,45-27)30(29)32(38)41/h5,7-11,13-16,18,21-22,26-27,29-31,39H,4,6,12,17,19-20H2,1-3H3,(H,36,40)/b9-5-/t21-,22-,26-,27+,29-,30-,31+,35-/m0/s1. The van der Waals surface area contributed by atoms with Gasteiger partial charge in [-0.3, -0.25) is 19.2 Å². The van der Waals surface area contributed by atoms with Crippen LogP contribution in [0.2, 0.25) is 0 Å². The Morgan fingerprint density at radius 1 is 1.07 bits per heavy atom. The summed E-state index contributed by atoms with van der Waals surface area (Å²) in [5, 5.41) is 15.4. The van der Waals surface area contributed by atoms with Crippen LogP contribution < -0.4 is 10.2 Å². The zero-order chi connectivity index (χ0) is 31.9. The Balaban J connectivity index is 1.49. The van der Waals surface area contributed by atoms with E-state index in [1.807, 2.05) is 68.5 Å². The molecule has 3 amide bonds. The van der Waals surface area contributed by atoms with Crippen molar-refractivity contribution in [1.82, 2.24) is 10.2 Å². The molecule has 0 radical (unpaired) electrons. The summed E-state index contributed by atoms with van der Waals surface area (Å²) < 4.78 is 12.3. The van der Waals surface area contributed by atoms with Crippen LogP contribution in [-0.2, 0) is 28.7 Å². The molecule has 0 aromatic heterocycles. The molecule has 4 aliphatic heterocycles. The van der Waals surface area contributed by atoms with E-state index in [4.69, 9.17) is 9.47 Å². The Kier molecular flexibility index (Phi) is 8.54. The maximum absolute atomic E-state index is 15.1. The van der Waals surface area contributed by atoms with Crippen molar-refractivity contribution in [2.24, 2.45) is 17.8 Å². The Morgan fingerprint density at radius 3 is 2.60 bits per heavy atom. The molecule has 10 heteroatoms. The van der Waals surface area contributed by atoms with E-state index in [2.05, 4.69) is 5.32 Å². The van der Waals surface area contributed by atoms with Crippen molar-refractivity contribution in [3.8, 4) is 0 Å². The maximum atomic E-state index is 15.1. The average Bonchev–Trinajstić information content (AvgIpc) is 3.68. The molecule has 0 saturated carbocycles. The first kappa shape index (κ1) is 31.0. The van der Waals surface area contributed by atoms with Crippen LogP contribution in [-0.4, -0.2) is 83.3 Å². The second-order valence-corrected chi connectivity index (χ2v) is 12.6. The molecule has 4 aliphatic rings. The van der Waals surface area contributed by atoms with Crippen molar-refractivity contribution in [3.05, 3.63) is 66.8 Å². The van der Waals surface area contributed by atoms with Crippen molar-refractivity contribution < 1.29 is 33.8 Å². The number of benzene rings is 2. The predicted octanol–water partition coefficient (Wildman–Crippen LogP) is 3.13. The van der Waals surface area contributed by atoms with Crippen molar-refractivity contribution in [1.29, 1.82) is 0 Å². The van der Waals surface area contributed by atoms with Gasteiger partial charge in [-0.15, -0.1) is 0 Å². The quantitative estimate of drug-likeness (QED) is 0.391. The van der Waals surface area contributed by atoms with Gasteiger partial charge in [0.15, 0.2) is 0 Å². The minimum atomic E-state index is -1.41. The van der Waals surface area contributed by atoms with Crippen LogP contribution in [0.3, 0.4) is 0 Å². The van der Waals surface area contributed by atoms with Gasteiger partial charge in [0.05, 0.1) is 31.2 Å². The molecule has 5 bridgehead atoms. The van der Waals surface area contributed by atoms with E-state index in [9.17, 15) is 19.5 Å². The van der Waals surface area contributed by atoms with Gasteiger partial charge in [-0.05, 0) is 42.2 Å². The molecule has 45 heavy (non-hydrogen) atoms. The number of carbonyl (C=O) groups is 4. The monoisotopic (exact) mass is 615 g/mol. The lowest BCUT2D eigenvalue weighted by Gasteiger charge is -2.40. The summed E-state index contributed by atoms with van der Waals surface area (Å²) in [6.45, 7) is 5.58. The van der Waals surface area contributed by atoms with E-state index in [1.54, 1.807) is 24.0 Å². The Morgan fingerprint density at radius 2 is 1.84 bits per heavy atom. The van der Waals surface area contributed by atoms with Gasteiger partial charge in [0, 0.05) is 18.7 Å². The van der Waals surface area contributed by atoms with Crippen molar-refractivity contribution in [2.45, 2.75) is 69.9 Å². The lowest BCUT2D eigenvalue weighted by molar-refractivity contribution is -0.159. The molecule has 10 nitrogen and oxygen atoms in total. The minimum Gasteiger partial charge on any atom is -0.460 e. The van der Waals surface area contributed by atoms with Gasteiger partial charge in [-0.1, -0.05) is 74.9 Å². The fraction of sp³-hybridized carbons (Fsp3) is 0.486. The number of nitrogens with one attached hydrogen (secondary N) is 1. The molecule has 0 aliphatic carbocycles. The van der Waals surface area contributed by atoms with Crippen LogP contribution in [0.1, 0.15) is 40.0 Å². The minimum absolute atomic E-state index is 0.133. The van der Waals surface area contributed by atoms with Gasteiger partial charge in [0.25, 0.3) is 5.91 Å². The third kappa shape index (κ3) is 5.33. The summed E-state index contributed by atoms with van der Waals surface area (Å²) in [5.41, 5.74) is -0.773. The molecule has 6 rings (SSSR count). The van der Waals surface area contributed by atoms with E-state index in [1.165, 1.54) is 4.90 Å². The number of hydrogen-bond donors (Lipinski definition) is 2. The summed E-state index contributed by atoms with van der Waals surface area (Å²) in [7, 11) is 0. The molecule has 2 aromatic carbocycles. The molecule has 238 valence electrons. The van der Waals surface area contributed by atoms with E-state index in [0.717, 1.165) is 10.8 Å². The number of anilines is 1. The van der Waals surface area contributed by atoms with E-state index >= 15 is 4.79 Å². The largest absolute Gasteiger partial charge is 0.460 e. The number of nitrogens with zero attached hydrogens (tertiary/aromatic N) is 2. The summed E-state index contributed by atoms with van der Waals surface area (Å²) in [6.07, 6.45) is 7.22. The summed E-state index contributed by atoms with van der Waals surface area (Å²) in [5.74, 6) is -3.67. The summed E-state index contributed by atoms with van der Waals surface area (Å²) in [4.78, 5) is 58.9. The number of rotatable bonds is 5. The van der Waals surface area contributed by atoms with Gasteiger partial charge >= 0.3 is 5.97 Å². The molecular formula is C35H41N3O7. The third-order valence-electron chi connectivity index (χ3n) is 9.87. The van der Waals surface area contributed by atoms with Crippen molar-refractivity contribution in [2.75, 3.05) is 24.6 Å². The van der Waals surface area contributed by atoms with Crippen LogP contribution in [0, 0.1) is 17.8 Å². The molecule has 1 spiro atoms. The molecule has 2 aromatic rings. The highest BCUT2D eigenvalue weighted by Gasteiger charge is 2.74. The lowest BCUT2D eigenvalue weighted by atomic mass is 9.74. The second kappa shape index (κ2) is 12.4. The predicted molar refractivity (Wildman–Crippen MR) is 168 cm³/mol. The number of aliphatic hydroxyl groups is 1. The van der Waals surface area contributed by atoms with Crippen molar-refractivity contribution in [3.63, 3.8) is 0 Å². The summed E-state index contributed by atoms with van der Waals surface area (Å²) >= 11 is 0. The van der Waals surface area contributed by atoms with Gasteiger partial charge in [-0.2, -0.15) is 0 Å². The van der Waals surface area contributed by atoms with Gasteiger partial charge in [0.1, 0.15) is 23.7 Å². The van der Waals surface area contributed by atoms with Crippen LogP contribution in [0.15, 0.2) is 66.8 Å². The molecule has 2 fully saturated rings. The Labute approximate surface area is 263 Å². The smallest absolute Gasteiger partial charge is 0.313 e. The fourth-order valence-electron chi connectivity index (χ4n) is 7.32. The zero-order valence-corrected chi connectivity index (χ0v) is 25.9. The van der Waals surface area contributed by atoms with Crippen LogP contribution in [0.25, 0.3) is 10.8 Å². The highest BCUT2D eigenvalue weighted by atomic mass is 16.6. The van der Waals surface area contributed by atoms with Gasteiger partial charge in [0.2, 0.25) is 11.8 Å². The molecule has 2 saturated heterocycles. The number of allylic oxidation sites excluding steroid dienone is 1. The van der Waals surface area contributed by atoms with Crippen LogP contribution >= 0.6 is 0 Å². The third-order valence-corrected chi connectivity index (χ3v) is 9.87. The normalized spacial score (nSPS) is 32.4. The van der Waals surface area contributed by atoms with Crippen LogP contribution in [0.5, 0.6) is 0 Å². The van der Waals surface area contributed by atoms with E-state index in [0.29, 0.717) is 18.5 Å². The molecular weight excluding hydrogens is 574 g/mol. The molecule has 4 heterocycles. The maximum Gasteiger partial charge on any atom is 0.313 e. The Bertz CT molecular complexity index is 1550. The number of fused-ring (bicyclic) bond motifs is 3. The molecule has 8 atom stereocenters. The number of amides is 3. The first-order valence-corrected chi connectivity index (χ1v) is 15.9. The highest BCUT2D eigenvalue weighted by molar-refractivity contribution is 6.06. The Hall–Kier alpha value is -4.02. The first-order chi connectivity index (χ1) is 21.7. The van der Waals surface area contributed by atoms with E-state index < -0.39 is 53.6 Å². The average molecular weight is 616 g/mol. The zero-order valence-electron chi connectivity index (χ0n) is 25.9. The SMILES string of the molecule is CC[C@H](C)[C@H](CO)N1C(=O)[C@@H]2[C@H]3C(=O)O[C@@H](C)CNC(=O)CC/C=C\CN(c4ccc5ccccc5c4)C(=O)[C@@H]1[C@]21C=C[C@H]3O1. The number of carbonyl (C=O) groups excluding carboxylic acids is 4. The van der Waals surface area contributed by atoms with Gasteiger partial charge < -0.3 is 29.7 Å². The van der Waals surface area contributed by atoms with Crippen LogP contribution in [0.4, 0.5) is 5.69 Å². The molecule has 2 N–H and O–H groups in total. The fourth-order valence-corrected chi connectivity index (χ4v) is 7.32. The highest BCUT2D eigenvalue weighted by Crippen LogP contribution is 2.56. The number of hydrogen-bond acceptors (Lipinski definition) is 7. The summed E-state index contributed by atoms with van der Waals surface area (Å²) in [6, 6.07) is 11.8. The molecule has 0 unspecified atom stereocenters. The van der Waals surface area contributed by atoms with Gasteiger partial charge in [-0.25, -0.2) is 0 Å². The van der Waals surface area contributed by atoms with Crippen molar-refractivity contribution >= 4 is 40.2 Å². The number of ether oxygens (including phenoxy) is 2. The second-order valence-electron chi connectivity index (χ2n) is 12.6. The number of likely N-dealkylation sites (tertiary alicyclic amines) is 1. The number of cyclic esters (lactones) is 1. The number of esters is 1.